The monoisotopic (exact) mass is 257 g/mol. The Morgan fingerprint density at radius 3 is 2.68 bits per heavy atom. The summed E-state index contributed by atoms with van der Waals surface area (Å²) < 4.78 is 1.86. The first-order valence-corrected chi connectivity index (χ1v) is 6.79. The molecule has 0 amide bonds. The molecule has 0 spiro atoms. The normalized spacial score (nSPS) is 18.8. The molecule has 0 radical (unpaired) electrons. The van der Waals surface area contributed by atoms with Crippen LogP contribution < -0.4 is 0 Å². The van der Waals surface area contributed by atoms with E-state index in [4.69, 9.17) is 0 Å². The van der Waals surface area contributed by atoms with E-state index in [1.54, 1.807) is 0 Å². The summed E-state index contributed by atoms with van der Waals surface area (Å²) in [4.78, 5) is 0. The summed E-state index contributed by atoms with van der Waals surface area (Å²) >= 11 is 0. The highest BCUT2D eigenvalue weighted by Gasteiger charge is 2.32. The van der Waals surface area contributed by atoms with Gasteiger partial charge in [0, 0.05) is 6.54 Å². The van der Waals surface area contributed by atoms with Crippen LogP contribution in [0.4, 0.5) is 0 Å². The summed E-state index contributed by atoms with van der Waals surface area (Å²) in [6, 6.07) is 9.56. The smallest absolute Gasteiger partial charge is 0.124 e. The van der Waals surface area contributed by atoms with Gasteiger partial charge in [-0.05, 0) is 23.8 Å². The van der Waals surface area contributed by atoms with Crippen molar-refractivity contribution in [1.29, 1.82) is 0 Å². The molecule has 1 atom stereocenters. The number of hydrogen-bond donors (Lipinski definition) is 1. The predicted octanol–water partition coefficient (Wildman–Crippen LogP) is 2.55. The van der Waals surface area contributed by atoms with Crippen molar-refractivity contribution in [2.75, 3.05) is 0 Å². The molecule has 1 aromatic heterocycles. The zero-order chi connectivity index (χ0) is 13.3. The van der Waals surface area contributed by atoms with Crippen LogP contribution in [0.25, 0.3) is 0 Å². The Kier molecular flexibility index (Phi) is 3.11. The molecule has 0 unspecified atom stereocenters. The Labute approximate surface area is 113 Å². The Balaban J connectivity index is 1.74. The number of hydrogen-bond acceptors (Lipinski definition) is 3. The first-order valence-electron chi connectivity index (χ1n) is 6.79. The van der Waals surface area contributed by atoms with E-state index in [0.717, 1.165) is 12.1 Å². The molecule has 0 aliphatic heterocycles. The van der Waals surface area contributed by atoms with Gasteiger partial charge in [-0.1, -0.05) is 48.9 Å². The lowest BCUT2D eigenvalue weighted by molar-refractivity contribution is 0.125. The minimum atomic E-state index is -0.691. The summed E-state index contributed by atoms with van der Waals surface area (Å²) in [5.41, 5.74) is 1.83. The molecule has 1 aromatic carbocycles. The Morgan fingerprint density at radius 1 is 1.32 bits per heavy atom. The van der Waals surface area contributed by atoms with E-state index in [1.165, 1.54) is 19.3 Å². The van der Waals surface area contributed by atoms with Gasteiger partial charge in [-0.15, -0.1) is 5.10 Å². The van der Waals surface area contributed by atoms with Crippen LogP contribution in [0.15, 0.2) is 36.5 Å². The average molecular weight is 257 g/mol. The highest BCUT2D eigenvalue weighted by molar-refractivity contribution is 5.23. The molecule has 100 valence electrons. The molecule has 4 heteroatoms. The van der Waals surface area contributed by atoms with Crippen molar-refractivity contribution < 1.29 is 5.11 Å². The van der Waals surface area contributed by atoms with Crippen LogP contribution in [-0.4, -0.2) is 20.1 Å². The largest absolute Gasteiger partial charge is 0.382 e. The zero-order valence-corrected chi connectivity index (χ0v) is 11.2. The van der Waals surface area contributed by atoms with Gasteiger partial charge >= 0.3 is 0 Å². The number of benzene rings is 1. The van der Waals surface area contributed by atoms with Crippen LogP contribution in [0.5, 0.6) is 0 Å². The van der Waals surface area contributed by atoms with Gasteiger partial charge in [0.25, 0.3) is 0 Å². The molecule has 1 aliphatic carbocycles. The molecule has 1 N–H and O–H groups in total. The van der Waals surface area contributed by atoms with Crippen LogP contribution >= 0.6 is 0 Å². The van der Waals surface area contributed by atoms with Gasteiger partial charge < -0.3 is 5.11 Å². The second-order valence-corrected chi connectivity index (χ2v) is 5.82. The maximum absolute atomic E-state index is 10.3. The Hall–Kier alpha value is -1.68. The quantitative estimate of drug-likeness (QED) is 0.915. The van der Waals surface area contributed by atoms with Crippen LogP contribution in [0, 0.1) is 5.41 Å². The third-order valence-electron chi connectivity index (χ3n) is 4.06. The highest BCUT2D eigenvalue weighted by atomic mass is 16.3. The Morgan fingerprint density at radius 2 is 2.05 bits per heavy atom. The average Bonchev–Trinajstić information content (AvgIpc) is 2.85. The van der Waals surface area contributed by atoms with Crippen molar-refractivity contribution in [3.8, 4) is 0 Å². The summed E-state index contributed by atoms with van der Waals surface area (Å²) in [5.74, 6) is 0. The highest BCUT2D eigenvalue weighted by Crippen LogP contribution is 2.41. The molecule has 1 aliphatic rings. The van der Waals surface area contributed by atoms with E-state index in [-0.39, 0.29) is 0 Å². The molecule has 2 aromatic rings. The first-order chi connectivity index (χ1) is 9.16. The molecular formula is C15H19N3O. The van der Waals surface area contributed by atoms with Crippen LogP contribution in [0.2, 0.25) is 0 Å². The van der Waals surface area contributed by atoms with Gasteiger partial charge in [0.15, 0.2) is 0 Å². The van der Waals surface area contributed by atoms with Crippen LogP contribution in [0.3, 0.4) is 0 Å². The van der Waals surface area contributed by atoms with Gasteiger partial charge in [0.05, 0.1) is 6.20 Å². The summed E-state index contributed by atoms with van der Waals surface area (Å²) in [5, 5.41) is 18.5. The predicted molar refractivity (Wildman–Crippen MR) is 72.5 cm³/mol. The van der Waals surface area contributed by atoms with Crippen molar-refractivity contribution in [2.24, 2.45) is 5.41 Å². The maximum Gasteiger partial charge on any atom is 0.124 e. The van der Waals surface area contributed by atoms with Gasteiger partial charge in [0.1, 0.15) is 11.8 Å². The molecule has 0 saturated heterocycles. The topological polar surface area (TPSA) is 50.9 Å². The number of aliphatic hydroxyl groups excluding tert-OH is 1. The van der Waals surface area contributed by atoms with Gasteiger partial charge in [0.2, 0.25) is 0 Å². The van der Waals surface area contributed by atoms with E-state index >= 15 is 0 Å². The number of aromatic nitrogens is 3. The van der Waals surface area contributed by atoms with Crippen molar-refractivity contribution in [1.82, 2.24) is 15.0 Å². The van der Waals surface area contributed by atoms with Gasteiger partial charge in [-0.25, -0.2) is 0 Å². The van der Waals surface area contributed by atoms with Crippen LogP contribution in [0.1, 0.15) is 43.5 Å². The Bertz CT molecular complexity index is 546. The first kappa shape index (κ1) is 12.4. The molecule has 1 heterocycles. The lowest BCUT2D eigenvalue weighted by Gasteiger charge is -2.37. The fourth-order valence-electron chi connectivity index (χ4n) is 2.65. The second-order valence-electron chi connectivity index (χ2n) is 5.82. The second kappa shape index (κ2) is 4.78. The SMILES string of the molecule is CC1(Cn2cc([C@H](O)c3ccccc3)nn2)CCC1. The van der Waals surface area contributed by atoms with Gasteiger partial charge in [-0.2, -0.15) is 0 Å². The van der Waals surface area contributed by atoms with E-state index in [1.807, 2.05) is 41.2 Å². The van der Waals surface area contributed by atoms with E-state index < -0.39 is 6.10 Å². The fourth-order valence-corrected chi connectivity index (χ4v) is 2.65. The minimum Gasteiger partial charge on any atom is -0.382 e. The van der Waals surface area contributed by atoms with Crippen molar-refractivity contribution in [2.45, 2.75) is 38.8 Å². The summed E-state index contributed by atoms with van der Waals surface area (Å²) in [6.45, 7) is 3.17. The number of aliphatic hydroxyl groups is 1. The van der Waals surface area contributed by atoms with E-state index in [2.05, 4.69) is 17.2 Å². The molecule has 19 heavy (non-hydrogen) atoms. The lowest BCUT2D eigenvalue weighted by atomic mass is 9.70. The summed E-state index contributed by atoms with van der Waals surface area (Å²) in [6.07, 6.45) is 4.99. The lowest BCUT2D eigenvalue weighted by Crippen LogP contribution is -2.30. The number of rotatable bonds is 4. The molecular weight excluding hydrogens is 238 g/mol. The third kappa shape index (κ3) is 2.54. The van der Waals surface area contributed by atoms with Crippen molar-refractivity contribution >= 4 is 0 Å². The standard InChI is InChI=1S/C15H19N3O/c1-15(8-5-9-15)11-18-10-13(16-17-18)14(19)12-6-3-2-4-7-12/h2-4,6-7,10,14,19H,5,8-9,11H2,1H3/t14-/m1/s1. The summed E-state index contributed by atoms with van der Waals surface area (Å²) in [7, 11) is 0. The molecule has 1 fully saturated rings. The van der Waals surface area contributed by atoms with Gasteiger partial charge in [-0.3, -0.25) is 4.68 Å². The molecule has 1 saturated carbocycles. The third-order valence-corrected chi connectivity index (χ3v) is 4.06. The zero-order valence-electron chi connectivity index (χ0n) is 11.2. The van der Waals surface area contributed by atoms with Crippen LogP contribution in [-0.2, 0) is 6.54 Å². The van der Waals surface area contributed by atoms with Crippen molar-refractivity contribution in [3.63, 3.8) is 0 Å². The number of nitrogens with zero attached hydrogens (tertiary/aromatic N) is 3. The van der Waals surface area contributed by atoms with E-state index in [9.17, 15) is 5.11 Å². The van der Waals surface area contributed by atoms with E-state index in [0.29, 0.717) is 11.1 Å². The fraction of sp³-hybridized carbons (Fsp3) is 0.467. The molecule has 4 nitrogen and oxygen atoms in total. The maximum atomic E-state index is 10.3. The molecule has 3 rings (SSSR count). The molecule has 0 bridgehead atoms. The van der Waals surface area contributed by atoms with Crippen molar-refractivity contribution in [3.05, 3.63) is 47.8 Å². The minimum absolute atomic E-state index is 0.364.